The van der Waals surface area contributed by atoms with Crippen LogP contribution >= 0.6 is 0 Å². The zero-order valence-corrected chi connectivity index (χ0v) is 11.7. The predicted octanol–water partition coefficient (Wildman–Crippen LogP) is 1.42. The van der Waals surface area contributed by atoms with Crippen molar-refractivity contribution in [3.63, 3.8) is 0 Å². The molecule has 1 unspecified atom stereocenters. The van der Waals surface area contributed by atoms with Gasteiger partial charge < -0.3 is 10.0 Å². The van der Waals surface area contributed by atoms with E-state index < -0.39 is 5.97 Å². The van der Waals surface area contributed by atoms with Crippen molar-refractivity contribution in [3.8, 4) is 0 Å². The molecule has 0 bridgehead atoms. The van der Waals surface area contributed by atoms with Gasteiger partial charge in [-0.05, 0) is 33.8 Å². The Bertz CT molecular complexity index is 488. The Morgan fingerprint density at radius 1 is 1.37 bits per heavy atom. The highest BCUT2D eigenvalue weighted by atomic mass is 16.4. The van der Waals surface area contributed by atoms with Crippen LogP contribution in [0.5, 0.6) is 0 Å². The molecule has 6 nitrogen and oxygen atoms in total. The summed E-state index contributed by atoms with van der Waals surface area (Å²) in [5.74, 6) is -1.12. The van der Waals surface area contributed by atoms with E-state index in [1.807, 2.05) is 6.92 Å². The number of nitrogens with zero attached hydrogens (tertiary/aromatic N) is 3. The molecule has 0 saturated carbocycles. The highest BCUT2D eigenvalue weighted by Gasteiger charge is 2.23. The minimum Gasteiger partial charge on any atom is -0.481 e. The van der Waals surface area contributed by atoms with Gasteiger partial charge in [0.25, 0.3) is 5.91 Å². The van der Waals surface area contributed by atoms with Crippen LogP contribution in [0.1, 0.15) is 42.0 Å². The van der Waals surface area contributed by atoms with E-state index in [-0.39, 0.29) is 18.4 Å². The number of hydrogen-bond donors (Lipinski definition) is 1. The second-order valence-electron chi connectivity index (χ2n) is 4.52. The molecule has 6 heteroatoms. The van der Waals surface area contributed by atoms with E-state index in [1.165, 1.54) is 4.90 Å². The Morgan fingerprint density at radius 2 is 2.00 bits per heavy atom. The Balaban J connectivity index is 3.01. The number of carbonyl (C=O) groups excluding carboxylic acids is 1. The fraction of sp³-hybridized carbons (Fsp3) is 0.538. The summed E-state index contributed by atoms with van der Waals surface area (Å²) in [6, 6.07) is 1.32. The van der Waals surface area contributed by atoms with Crippen molar-refractivity contribution in [3.05, 3.63) is 23.0 Å². The van der Waals surface area contributed by atoms with Crippen LogP contribution in [-0.4, -0.2) is 44.7 Å². The Hall–Kier alpha value is -1.98. The topological polar surface area (TPSA) is 83.4 Å². The first kappa shape index (κ1) is 15.1. The Labute approximate surface area is 112 Å². The summed E-state index contributed by atoms with van der Waals surface area (Å²) in [7, 11) is 0. The fourth-order valence-electron chi connectivity index (χ4n) is 1.94. The average molecular weight is 265 g/mol. The first-order chi connectivity index (χ1) is 8.86. The van der Waals surface area contributed by atoms with Crippen molar-refractivity contribution in [2.24, 2.45) is 0 Å². The van der Waals surface area contributed by atoms with Gasteiger partial charge in [-0.1, -0.05) is 0 Å². The molecule has 1 heterocycles. The Morgan fingerprint density at radius 3 is 2.53 bits per heavy atom. The molecule has 1 amide bonds. The number of carboxylic acids is 1. The zero-order valence-electron chi connectivity index (χ0n) is 11.7. The highest BCUT2D eigenvalue weighted by molar-refractivity contribution is 5.95. The first-order valence-electron chi connectivity index (χ1n) is 6.20. The fourth-order valence-corrected chi connectivity index (χ4v) is 1.94. The summed E-state index contributed by atoms with van der Waals surface area (Å²) in [5, 5.41) is 16.6. The number of hydrogen-bond acceptors (Lipinski definition) is 4. The minimum atomic E-state index is -0.917. The van der Waals surface area contributed by atoms with Crippen LogP contribution in [0.15, 0.2) is 6.07 Å². The standard InChI is InChI=1S/C13H19N3O3/c1-5-16(9(3)7-12(17)18)13(19)11-6-8(2)14-15-10(11)4/h6,9H,5,7H2,1-4H3,(H,17,18). The molecule has 0 aliphatic carbocycles. The van der Waals surface area contributed by atoms with E-state index in [0.717, 1.165) is 0 Å². The van der Waals surface area contributed by atoms with Gasteiger partial charge in [-0.25, -0.2) is 0 Å². The van der Waals surface area contributed by atoms with Crippen LogP contribution < -0.4 is 0 Å². The van der Waals surface area contributed by atoms with Gasteiger partial charge >= 0.3 is 5.97 Å². The molecule has 1 N–H and O–H groups in total. The molecule has 0 aromatic carbocycles. The predicted molar refractivity (Wildman–Crippen MR) is 69.9 cm³/mol. The van der Waals surface area contributed by atoms with E-state index in [0.29, 0.717) is 23.5 Å². The Kier molecular flexibility index (Phi) is 4.97. The van der Waals surface area contributed by atoms with E-state index in [9.17, 15) is 9.59 Å². The number of carbonyl (C=O) groups is 2. The molecule has 0 fully saturated rings. The number of aliphatic carboxylic acids is 1. The molecule has 1 aromatic heterocycles. The van der Waals surface area contributed by atoms with Crippen molar-refractivity contribution in [2.75, 3.05) is 6.54 Å². The van der Waals surface area contributed by atoms with Gasteiger partial charge in [-0.15, -0.1) is 0 Å². The molecule has 0 radical (unpaired) electrons. The van der Waals surface area contributed by atoms with Crippen molar-refractivity contribution in [1.29, 1.82) is 0 Å². The number of carboxylic acid groups (broad SMARTS) is 1. The van der Waals surface area contributed by atoms with E-state index in [4.69, 9.17) is 5.11 Å². The lowest BCUT2D eigenvalue weighted by atomic mass is 10.1. The van der Waals surface area contributed by atoms with Gasteiger partial charge in [0.2, 0.25) is 0 Å². The van der Waals surface area contributed by atoms with Crippen LogP contribution in [-0.2, 0) is 4.79 Å². The molecular weight excluding hydrogens is 246 g/mol. The molecule has 0 aliphatic heterocycles. The molecule has 1 atom stereocenters. The van der Waals surface area contributed by atoms with Gasteiger partial charge in [0.1, 0.15) is 0 Å². The third kappa shape index (κ3) is 3.74. The maximum Gasteiger partial charge on any atom is 0.305 e. The quantitative estimate of drug-likeness (QED) is 0.870. The average Bonchev–Trinajstić information content (AvgIpc) is 2.32. The maximum atomic E-state index is 12.4. The van der Waals surface area contributed by atoms with Crippen LogP contribution in [0.2, 0.25) is 0 Å². The summed E-state index contributed by atoms with van der Waals surface area (Å²) in [4.78, 5) is 24.7. The van der Waals surface area contributed by atoms with Gasteiger partial charge in [0.05, 0.1) is 23.4 Å². The van der Waals surface area contributed by atoms with Crippen LogP contribution in [0, 0.1) is 13.8 Å². The van der Waals surface area contributed by atoms with Crippen molar-refractivity contribution in [1.82, 2.24) is 15.1 Å². The number of amides is 1. The van der Waals surface area contributed by atoms with Crippen LogP contribution in [0.4, 0.5) is 0 Å². The van der Waals surface area contributed by atoms with Gasteiger partial charge in [0.15, 0.2) is 0 Å². The second kappa shape index (κ2) is 6.26. The molecule has 1 aromatic rings. The van der Waals surface area contributed by atoms with Crippen LogP contribution in [0.25, 0.3) is 0 Å². The number of rotatable bonds is 5. The van der Waals surface area contributed by atoms with Gasteiger partial charge in [-0.2, -0.15) is 10.2 Å². The SMILES string of the molecule is CCN(C(=O)c1cc(C)nnc1C)C(C)CC(=O)O. The smallest absolute Gasteiger partial charge is 0.305 e. The first-order valence-corrected chi connectivity index (χ1v) is 6.20. The molecule has 1 rings (SSSR count). The van der Waals surface area contributed by atoms with E-state index in [1.54, 1.807) is 26.8 Å². The lowest BCUT2D eigenvalue weighted by Crippen LogP contribution is -2.40. The molecule has 0 spiro atoms. The summed E-state index contributed by atoms with van der Waals surface area (Å²) in [6.45, 7) is 7.49. The number of aryl methyl sites for hydroxylation is 2. The molecule has 0 saturated heterocycles. The molecule has 0 aliphatic rings. The summed E-state index contributed by atoms with van der Waals surface area (Å²) in [6.07, 6.45) is -0.0733. The lowest BCUT2D eigenvalue weighted by Gasteiger charge is -2.27. The molecular formula is C13H19N3O3. The molecule has 19 heavy (non-hydrogen) atoms. The lowest BCUT2D eigenvalue weighted by molar-refractivity contribution is -0.138. The van der Waals surface area contributed by atoms with E-state index in [2.05, 4.69) is 10.2 Å². The normalized spacial score (nSPS) is 12.0. The summed E-state index contributed by atoms with van der Waals surface area (Å²) < 4.78 is 0. The van der Waals surface area contributed by atoms with Crippen molar-refractivity contribution >= 4 is 11.9 Å². The third-order valence-corrected chi connectivity index (χ3v) is 2.93. The van der Waals surface area contributed by atoms with Crippen LogP contribution in [0.3, 0.4) is 0 Å². The largest absolute Gasteiger partial charge is 0.481 e. The van der Waals surface area contributed by atoms with Crippen molar-refractivity contribution in [2.45, 2.75) is 40.2 Å². The highest BCUT2D eigenvalue weighted by Crippen LogP contribution is 2.13. The summed E-state index contributed by atoms with van der Waals surface area (Å²) >= 11 is 0. The monoisotopic (exact) mass is 265 g/mol. The molecule has 104 valence electrons. The maximum absolute atomic E-state index is 12.4. The third-order valence-electron chi connectivity index (χ3n) is 2.93. The number of aromatic nitrogens is 2. The van der Waals surface area contributed by atoms with Crippen molar-refractivity contribution < 1.29 is 14.7 Å². The van der Waals surface area contributed by atoms with E-state index >= 15 is 0 Å². The van der Waals surface area contributed by atoms with Gasteiger partial charge in [0, 0.05) is 12.6 Å². The van der Waals surface area contributed by atoms with Gasteiger partial charge in [-0.3, -0.25) is 9.59 Å². The summed E-state index contributed by atoms with van der Waals surface area (Å²) in [5.41, 5.74) is 1.69. The zero-order chi connectivity index (χ0) is 14.6. The minimum absolute atomic E-state index is 0.0733. The second-order valence-corrected chi connectivity index (χ2v) is 4.52.